The molecule has 0 heterocycles. The van der Waals surface area contributed by atoms with Crippen molar-refractivity contribution >= 4 is 27.7 Å². The summed E-state index contributed by atoms with van der Waals surface area (Å²) in [5, 5.41) is 2.48. The smallest absolute Gasteiger partial charge is 0.240 e. The minimum absolute atomic E-state index is 0.0424. The molecule has 2 aromatic carbocycles. The number of halogens is 3. The molecule has 0 aromatic heterocycles. The highest BCUT2D eigenvalue weighted by molar-refractivity contribution is 9.10. The third-order valence-electron chi connectivity index (χ3n) is 3.40. The zero-order valence-corrected chi connectivity index (χ0v) is 14.1. The summed E-state index contributed by atoms with van der Waals surface area (Å²) in [7, 11) is 0. The molecule has 24 heavy (non-hydrogen) atoms. The first-order valence-electron chi connectivity index (χ1n) is 7.12. The molecule has 0 saturated heterocycles. The summed E-state index contributed by atoms with van der Waals surface area (Å²) in [6.07, 6.45) is -0.0868. The van der Waals surface area contributed by atoms with E-state index in [1.807, 2.05) is 12.1 Å². The summed E-state index contributed by atoms with van der Waals surface area (Å²) >= 11 is 3.31. The van der Waals surface area contributed by atoms with Gasteiger partial charge in [0.2, 0.25) is 11.8 Å². The largest absolute Gasteiger partial charge is 0.368 e. The van der Waals surface area contributed by atoms with Gasteiger partial charge in [-0.3, -0.25) is 9.59 Å². The summed E-state index contributed by atoms with van der Waals surface area (Å²) in [4.78, 5) is 23.6. The Hall–Kier alpha value is -2.28. The predicted molar refractivity (Wildman–Crippen MR) is 89.0 cm³/mol. The monoisotopic (exact) mass is 396 g/mol. The van der Waals surface area contributed by atoms with Gasteiger partial charge in [-0.05, 0) is 29.3 Å². The summed E-state index contributed by atoms with van der Waals surface area (Å²) < 4.78 is 27.3. The van der Waals surface area contributed by atoms with Gasteiger partial charge in [-0.2, -0.15) is 0 Å². The lowest BCUT2D eigenvalue weighted by atomic mass is 10.0. The van der Waals surface area contributed by atoms with Gasteiger partial charge in [0, 0.05) is 17.0 Å². The van der Waals surface area contributed by atoms with Crippen molar-refractivity contribution in [3.05, 3.63) is 69.7 Å². The fourth-order valence-electron chi connectivity index (χ4n) is 2.16. The Kier molecular flexibility index (Phi) is 6.03. The van der Waals surface area contributed by atoms with Crippen LogP contribution in [0.2, 0.25) is 0 Å². The van der Waals surface area contributed by atoms with Crippen LogP contribution < -0.4 is 11.1 Å². The molecule has 0 bridgehead atoms. The molecule has 7 heteroatoms. The number of amides is 2. The predicted octanol–water partition coefficient (Wildman–Crippen LogP) is 2.48. The van der Waals surface area contributed by atoms with E-state index in [9.17, 15) is 18.4 Å². The van der Waals surface area contributed by atoms with E-state index in [-0.39, 0.29) is 18.4 Å². The normalized spacial score (nSPS) is 11.8. The van der Waals surface area contributed by atoms with Crippen molar-refractivity contribution in [2.24, 2.45) is 5.73 Å². The van der Waals surface area contributed by atoms with E-state index in [0.717, 1.165) is 16.1 Å². The second-order valence-electron chi connectivity index (χ2n) is 5.27. The quantitative estimate of drug-likeness (QED) is 0.786. The van der Waals surface area contributed by atoms with Gasteiger partial charge in [0.15, 0.2) is 0 Å². The van der Waals surface area contributed by atoms with Crippen molar-refractivity contribution in [1.29, 1.82) is 0 Å². The highest BCUT2D eigenvalue weighted by Crippen LogP contribution is 2.13. The second-order valence-corrected chi connectivity index (χ2v) is 6.18. The van der Waals surface area contributed by atoms with Crippen molar-refractivity contribution in [1.82, 2.24) is 5.32 Å². The molecule has 2 amide bonds. The van der Waals surface area contributed by atoms with Gasteiger partial charge in [-0.1, -0.05) is 34.1 Å². The Balaban J connectivity index is 2.02. The van der Waals surface area contributed by atoms with Crippen LogP contribution in [0.1, 0.15) is 11.1 Å². The topological polar surface area (TPSA) is 72.2 Å². The Morgan fingerprint density at radius 1 is 1.12 bits per heavy atom. The second kappa shape index (κ2) is 8.01. The fourth-order valence-corrected chi connectivity index (χ4v) is 2.43. The molecule has 126 valence electrons. The van der Waals surface area contributed by atoms with Crippen LogP contribution in [0.3, 0.4) is 0 Å². The lowest BCUT2D eigenvalue weighted by Gasteiger charge is -2.16. The van der Waals surface area contributed by atoms with Crippen LogP contribution in [0.15, 0.2) is 46.9 Å². The third kappa shape index (κ3) is 5.13. The van der Waals surface area contributed by atoms with Gasteiger partial charge in [-0.15, -0.1) is 0 Å². The Labute approximate surface area is 146 Å². The Bertz CT molecular complexity index is 751. The van der Waals surface area contributed by atoms with Gasteiger partial charge in [0.25, 0.3) is 0 Å². The first-order chi connectivity index (χ1) is 11.3. The molecule has 2 rings (SSSR count). The van der Waals surface area contributed by atoms with Crippen LogP contribution in [0.4, 0.5) is 8.78 Å². The first kappa shape index (κ1) is 18.1. The average molecular weight is 397 g/mol. The first-order valence-corrected chi connectivity index (χ1v) is 7.91. The summed E-state index contributed by atoms with van der Waals surface area (Å²) in [6.45, 7) is 0. The van der Waals surface area contributed by atoms with Crippen LogP contribution in [-0.2, 0) is 22.4 Å². The number of carbonyl (C=O) groups is 2. The van der Waals surface area contributed by atoms with E-state index < -0.39 is 29.5 Å². The van der Waals surface area contributed by atoms with Gasteiger partial charge in [0.05, 0.1) is 6.42 Å². The van der Waals surface area contributed by atoms with Crippen LogP contribution >= 0.6 is 15.9 Å². The maximum Gasteiger partial charge on any atom is 0.240 e. The zero-order valence-electron chi connectivity index (χ0n) is 12.6. The molecule has 0 aliphatic carbocycles. The summed E-state index contributed by atoms with van der Waals surface area (Å²) in [5.74, 6) is -2.79. The van der Waals surface area contributed by atoms with Gasteiger partial charge < -0.3 is 11.1 Å². The third-order valence-corrected chi connectivity index (χ3v) is 3.93. The Morgan fingerprint density at radius 3 is 2.38 bits per heavy atom. The number of rotatable bonds is 6. The number of hydrogen-bond acceptors (Lipinski definition) is 2. The highest BCUT2D eigenvalue weighted by atomic mass is 79.9. The maximum absolute atomic E-state index is 13.6. The average Bonchev–Trinajstić information content (AvgIpc) is 2.51. The lowest BCUT2D eigenvalue weighted by molar-refractivity contribution is -0.127. The van der Waals surface area contributed by atoms with Crippen molar-refractivity contribution in [2.75, 3.05) is 0 Å². The molecule has 0 fully saturated rings. The number of nitrogens with one attached hydrogen (secondary N) is 1. The van der Waals surface area contributed by atoms with Crippen LogP contribution in [-0.4, -0.2) is 17.9 Å². The number of hydrogen-bond donors (Lipinski definition) is 2. The minimum Gasteiger partial charge on any atom is -0.368 e. The van der Waals surface area contributed by atoms with E-state index in [4.69, 9.17) is 5.73 Å². The molecular weight excluding hydrogens is 382 g/mol. The standard InChI is InChI=1S/C17H15BrF2N2O2/c18-12-4-1-10(2-5-12)7-15(17(21)24)22-16(23)8-11-3-6-13(19)9-14(11)20/h1-6,9,15H,7-8H2,(H2,21,24)(H,22,23)/t15-/m1/s1. The molecule has 0 radical (unpaired) electrons. The van der Waals surface area contributed by atoms with Crippen molar-refractivity contribution < 1.29 is 18.4 Å². The van der Waals surface area contributed by atoms with Crippen molar-refractivity contribution in [3.63, 3.8) is 0 Å². The molecule has 4 nitrogen and oxygen atoms in total. The van der Waals surface area contributed by atoms with E-state index in [0.29, 0.717) is 6.07 Å². The van der Waals surface area contributed by atoms with Gasteiger partial charge >= 0.3 is 0 Å². The molecule has 0 saturated carbocycles. The number of primary amides is 1. The highest BCUT2D eigenvalue weighted by Gasteiger charge is 2.19. The zero-order chi connectivity index (χ0) is 17.7. The van der Waals surface area contributed by atoms with Crippen molar-refractivity contribution in [2.45, 2.75) is 18.9 Å². The number of benzene rings is 2. The maximum atomic E-state index is 13.6. The Morgan fingerprint density at radius 2 is 1.79 bits per heavy atom. The van der Waals surface area contributed by atoms with E-state index in [1.54, 1.807) is 12.1 Å². The van der Waals surface area contributed by atoms with Crippen LogP contribution in [0.5, 0.6) is 0 Å². The summed E-state index contributed by atoms with van der Waals surface area (Å²) in [5.41, 5.74) is 6.18. The van der Waals surface area contributed by atoms with Gasteiger partial charge in [0.1, 0.15) is 17.7 Å². The SMILES string of the molecule is NC(=O)[C@@H](Cc1ccc(Br)cc1)NC(=O)Cc1ccc(F)cc1F. The molecule has 0 aliphatic heterocycles. The molecular formula is C17H15BrF2N2O2. The molecule has 3 N–H and O–H groups in total. The number of nitrogens with two attached hydrogens (primary N) is 1. The minimum atomic E-state index is -0.915. The van der Waals surface area contributed by atoms with Gasteiger partial charge in [-0.25, -0.2) is 8.78 Å². The van der Waals surface area contributed by atoms with Crippen LogP contribution in [0, 0.1) is 11.6 Å². The molecule has 1 atom stereocenters. The molecule has 0 spiro atoms. The molecule has 2 aromatic rings. The van der Waals surface area contributed by atoms with E-state index in [1.165, 1.54) is 6.07 Å². The summed E-state index contributed by atoms with van der Waals surface area (Å²) in [6, 6.07) is 9.26. The number of carbonyl (C=O) groups excluding carboxylic acids is 2. The lowest BCUT2D eigenvalue weighted by Crippen LogP contribution is -2.46. The fraction of sp³-hybridized carbons (Fsp3) is 0.176. The van der Waals surface area contributed by atoms with Crippen molar-refractivity contribution in [3.8, 4) is 0 Å². The molecule has 0 unspecified atom stereocenters. The van der Waals surface area contributed by atoms with E-state index in [2.05, 4.69) is 21.2 Å². The molecule has 0 aliphatic rings. The van der Waals surface area contributed by atoms with Crippen LogP contribution in [0.25, 0.3) is 0 Å². The van der Waals surface area contributed by atoms with E-state index >= 15 is 0 Å².